The Hall–Kier alpha value is -3.10. The van der Waals surface area contributed by atoms with E-state index in [0.29, 0.717) is 30.8 Å². The SMILES string of the molecule is O=C1CCC(N2Cc3cc(C4CCN(CCCOCc5ccccc5)CC4)c(F)cc3C2=O)C(=O)N1. The number of hydrogen-bond donors (Lipinski definition) is 1. The fraction of sp³-hybridized carbons (Fsp3) is 0.464. The smallest absolute Gasteiger partial charge is 0.255 e. The van der Waals surface area contributed by atoms with Crippen LogP contribution in [0.4, 0.5) is 4.39 Å². The minimum atomic E-state index is -0.686. The first-order valence-electron chi connectivity index (χ1n) is 12.8. The summed E-state index contributed by atoms with van der Waals surface area (Å²) in [5.41, 5.74) is 2.93. The number of ether oxygens (including phenoxy) is 1. The van der Waals surface area contributed by atoms with E-state index >= 15 is 4.39 Å². The van der Waals surface area contributed by atoms with Crippen LogP contribution >= 0.6 is 0 Å². The summed E-state index contributed by atoms with van der Waals surface area (Å²) in [6.45, 7) is 4.39. The Labute approximate surface area is 210 Å². The van der Waals surface area contributed by atoms with E-state index in [1.165, 1.54) is 16.5 Å². The van der Waals surface area contributed by atoms with E-state index in [2.05, 4.69) is 22.3 Å². The van der Waals surface area contributed by atoms with Crippen molar-refractivity contribution in [2.24, 2.45) is 0 Å². The molecule has 0 aromatic heterocycles. The van der Waals surface area contributed by atoms with Gasteiger partial charge in [0.25, 0.3) is 5.91 Å². The lowest BCUT2D eigenvalue weighted by Gasteiger charge is -2.32. The molecule has 3 aliphatic heterocycles. The van der Waals surface area contributed by atoms with Crippen LogP contribution in [0.25, 0.3) is 0 Å². The maximum absolute atomic E-state index is 15.1. The molecule has 0 bridgehead atoms. The normalized spacial score (nSPS) is 21.1. The Balaban J connectivity index is 1.12. The van der Waals surface area contributed by atoms with E-state index in [1.54, 1.807) is 0 Å². The zero-order valence-electron chi connectivity index (χ0n) is 20.4. The predicted molar refractivity (Wildman–Crippen MR) is 132 cm³/mol. The molecule has 7 nitrogen and oxygen atoms in total. The van der Waals surface area contributed by atoms with Crippen molar-refractivity contribution in [2.75, 3.05) is 26.2 Å². The molecule has 2 aromatic carbocycles. The van der Waals surface area contributed by atoms with Crippen LogP contribution in [0.2, 0.25) is 0 Å². The Kier molecular flexibility index (Phi) is 7.43. The minimum Gasteiger partial charge on any atom is -0.377 e. The van der Waals surface area contributed by atoms with Gasteiger partial charge >= 0.3 is 0 Å². The lowest BCUT2D eigenvalue weighted by molar-refractivity contribution is -0.136. The summed E-state index contributed by atoms with van der Waals surface area (Å²) in [6, 6.07) is 12.6. The van der Waals surface area contributed by atoms with Crippen LogP contribution in [-0.2, 0) is 27.5 Å². The number of carbonyl (C=O) groups excluding carboxylic acids is 3. The zero-order chi connectivity index (χ0) is 25.1. The molecular formula is C28H32FN3O4. The van der Waals surface area contributed by atoms with Crippen LogP contribution in [-0.4, -0.2) is 59.8 Å². The molecule has 0 spiro atoms. The quantitative estimate of drug-likeness (QED) is 0.451. The molecule has 3 aliphatic rings. The topological polar surface area (TPSA) is 79.0 Å². The first-order valence-corrected chi connectivity index (χ1v) is 12.8. The van der Waals surface area contributed by atoms with Crippen molar-refractivity contribution < 1.29 is 23.5 Å². The number of halogens is 1. The Morgan fingerprint density at radius 3 is 2.56 bits per heavy atom. The summed E-state index contributed by atoms with van der Waals surface area (Å²) in [5, 5.41) is 2.30. The predicted octanol–water partition coefficient (Wildman–Crippen LogP) is 3.37. The molecule has 2 saturated heterocycles. The number of imide groups is 1. The van der Waals surface area contributed by atoms with E-state index in [1.807, 2.05) is 24.3 Å². The third kappa shape index (κ3) is 5.34. The summed E-state index contributed by atoms with van der Waals surface area (Å²) in [4.78, 5) is 40.5. The monoisotopic (exact) mass is 493 g/mol. The number of hydrogen-bond acceptors (Lipinski definition) is 5. The van der Waals surface area contributed by atoms with Crippen molar-refractivity contribution in [3.05, 3.63) is 70.5 Å². The van der Waals surface area contributed by atoms with Crippen LogP contribution in [0.5, 0.6) is 0 Å². The Bertz CT molecular complexity index is 1130. The van der Waals surface area contributed by atoms with Crippen LogP contribution in [0, 0.1) is 5.82 Å². The van der Waals surface area contributed by atoms with Crippen molar-refractivity contribution in [1.29, 1.82) is 0 Å². The van der Waals surface area contributed by atoms with Crippen LogP contribution in [0.15, 0.2) is 42.5 Å². The first-order chi connectivity index (χ1) is 17.5. The summed E-state index contributed by atoms with van der Waals surface area (Å²) in [7, 11) is 0. The van der Waals surface area contributed by atoms with E-state index in [4.69, 9.17) is 4.74 Å². The number of fused-ring (bicyclic) bond motifs is 1. The second kappa shape index (κ2) is 10.9. The van der Waals surface area contributed by atoms with Crippen LogP contribution in [0.1, 0.15) is 65.1 Å². The molecule has 1 unspecified atom stereocenters. The number of rotatable bonds is 8. The minimum absolute atomic E-state index is 0.112. The van der Waals surface area contributed by atoms with Crippen molar-refractivity contribution in [3.8, 4) is 0 Å². The van der Waals surface area contributed by atoms with Gasteiger partial charge < -0.3 is 14.5 Å². The number of amides is 3. The second-order valence-electron chi connectivity index (χ2n) is 9.94. The van der Waals surface area contributed by atoms with E-state index in [-0.39, 0.29) is 36.5 Å². The summed E-state index contributed by atoms with van der Waals surface area (Å²) in [5.74, 6) is -1.35. The number of nitrogens with one attached hydrogen (secondary N) is 1. The largest absolute Gasteiger partial charge is 0.377 e. The van der Waals surface area contributed by atoms with Crippen LogP contribution in [0.3, 0.4) is 0 Å². The lowest BCUT2D eigenvalue weighted by atomic mass is 9.87. The van der Waals surface area contributed by atoms with Gasteiger partial charge in [-0.05, 0) is 67.4 Å². The molecule has 36 heavy (non-hydrogen) atoms. The average molecular weight is 494 g/mol. The number of likely N-dealkylation sites (tertiary alicyclic amines) is 1. The van der Waals surface area contributed by atoms with Gasteiger partial charge in [-0.25, -0.2) is 4.39 Å². The molecule has 1 atom stereocenters. The van der Waals surface area contributed by atoms with Gasteiger partial charge in [-0.15, -0.1) is 0 Å². The zero-order valence-corrected chi connectivity index (χ0v) is 20.4. The number of piperidine rings is 2. The number of nitrogens with zero attached hydrogens (tertiary/aromatic N) is 2. The highest BCUT2D eigenvalue weighted by molar-refractivity contribution is 6.05. The molecule has 2 fully saturated rings. The van der Waals surface area contributed by atoms with Gasteiger partial charge in [-0.1, -0.05) is 36.4 Å². The number of carbonyl (C=O) groups is 3. The molecule has 0 saturated carbocycles. The Morgan fingerprint density at radius 2 is 1.81 bits per heavy atom. The highest BCUT2D eigenvalue weighted by Crippen LogP contribution is 2.35. The molecule has 1 N–H and O–H groups in total. The molecule has 0 radical (unpaired) electrons. The fourth-order valence-electron chi connectivity index (χ4n) is 5.54. The summed E-state index contributed by atoms with van der Waals surface area (Å²) >= 11 is 0. The highest BCUT2D eigenvalue weighted by atomic mass is 19.1. The fourth-order valence-corrected chi connectivity index (χ4v) is 5.54. The molecule has 3 amide bonds. The van der Waals surface area contributed by atoms with Crippen molar-refractivity contribution >= 4 is 17.7 Å². The first kappa shape index (κ1) is 24.6. The van der Waals surface area contributed by atoms with Gasteiger partial charge in [0.05, 0.1) is 6.61 Å². The molecule has 2 aromatic rings. The van der Waals surface area contributed by atoms with Crippen molar-refractivity contribution in [2.45, 2.75) is 57.2 Å². The maximum Gasteiger partial charge on any atom is 0.255 e. The number of benzene rings is 2. The average Bonchev–Trinajstić information content (AvgIpc) is 3.19. The van der Waals surface area contributed by atoms with Gasteiger partial charge in [0.15, 0.2) is 0 Å². The van der Waals surface area contributed by atoms with E-state index in [0.717, 1.165) is 44.5 Å². The molecule has 5 rings (SSSR count). The Morgan fingerprint density at radius 1 is 1.03 bits per heavy atom. The molecule has 8 heteroatoms. The van der Waals surface area contributed by atoms with Gasteiger partial charge in [0.1, 0.15) is 11.9 Å². The maximum atomic E-state index is 15.1. The summed E-state index contributed by atoms with van der Waals surface area (Å²) < 4.78 is 20.9. The molecule has 190 valence electrons. The highest BCUT2D eigenvalue weighted by Gasteiger charge is 2.40. The van der Waals surface area contributed by atoms with E-state index < -0.39 is 11.9 Å². The molecule has 3 heterocycles. The standard InChI is InChI=1S/C28H32FN3O4/c29-24-16-23-21(17-32(28(23)35)25-7-8-26(33)30-27(25)34)15-22(24)20-9-12-31(13-10-20)11-4-14-36-18-19-5-2-1-3-6-19/h1-3,5-6,15-16,20,25H,4,7-14,17-18H2,(H,30,33,34). The van der Waals surface area contributed by atoms with E-state index in [9.17, 15) is 14.4 Å². The van der Waals surface area contributed by atoms with Crippen LogP contribution < -0.4 is 5.32 Å². The van der Waals surface area contributed by atoms with Crippen molar-refractivity contribution in [1.82, 2.24) is 15.1 Å². The second-order valence-corrected chi connectivity index (χ2v) is 9.94. The third-order valence-electron chi connectivity index (χ3n) is 7.54. The van der Waals surface area contributed by atoms with Gasteiger partial charge in [-0.2, -0.15) is 0 Å². The summed E-state index contributed by atoms with van der Waals surface area (Å²) in [6.07, 6.45) is 3.20. The van der Waals surface area contributed by atoms with Crippen molar-refractivity contribution in [3.63, 3.8) is 0 Å². The lowest BCUT2D eigenvalue weighted by Crippen LogP contribution is -2.52. The molecule has 0 aliphatic carbocycles. The van der Waals surface area contributed by atoms with Gasteiger partial charge in [0.2, 0.25) is 11.8 Å². The van der Waals surface area contributed by atoms with Gasteiger partial charge in [0, 0.05) is 31.7 Å². The van der Waals surface area contributed by atoms with Gasteiger partial charge in [-0.3, -0.25) is 19.7 Å². The third-order valence-corrected chi connectivity index (χ3v) is 7.54. The molecular weight excluding hydrogens is 461 g/mol.